The summed E-state index contributed by atoms with van der Waals surface area (Å²) in [6, 6.07) is 0. The Hall–Kier alpha value is -0.220. The van der Waals surface area contributed by atoms with E-state index in [1.807, 2.05) is 0 Å². The normalized spacial score (nSPS) is 8.75. The molecule has 1 amide bonds. The highest BCUT2D eigenvalue weighted by Gasteiger charge is 1.92. The molecule has 4 heteroatoms. The molecule has 0 radical (unpaired) electrons. The maximum atomic E-state index is 10.3. The van der Waals surface area contributed by atoms with Gasteiger partial charge in [0.2, 0.25) is 5.91 Å². The molecule has 2 N–H and O–H groups in total. The van der Waals surface area contributed by atoms with E-state index < -0.39 is 0 Å². The first kappa shape index (κ1) is 7.78. The lowest BCUT2D eigenvalue weighted by atomic mass is 10.4. The van der Waals surface area contributed by atoms with Crippen LogP contribution in [0.4, 0.5) is 0 Å². The van der Waals surface area contributed by atoms with Crippen molar-refractivity contribution in [1.29, 1.82) is 0 Å². The Morgan fingerprint density at radius 1 is 1.75 bits per heavy atom. The van der Waals surface area contributed by atoms with Crippen LogP contribution in [0.1, 0.15) is 6.42 Å². The third-order valence-electron chi connectivity index (χ3n) is 0.727. The van der Waals surface area contributed by atoms with Gasteiger partial charge < -0.3 is 10.0 Å². The molecule has 0 saturated carbocycles. The molecule has 3 nitrogen and oxygen atoms in total. The van der Waals surface area contributed by atoms with Crippen molar-refractivity contribution in [2.75, 3.05) is 13.6 Å². The van der Waals surface area contributed by atoms with Crippen molar-refractivity contribution in [1.82, 2.24) is 10.0 Å². The van der Waals surface area contributed by atoms with Gasteiger partial charge in [0.25, 0.3) is 0 Å². The quantitative estimate of drug-likeness (QED) is 0.458. The van der Waals surface area contributed by atoms with Crippen LogP contribution in [0, 0.1) is 0 Å². The Bertz CT molecular complexity index is 76.4. The number of thiol groups is 1. The van der Waals surface area contributed by atoms with E-state index in [1.54, 1.807) is 7.05 Å². The van der Waals surface area contributed by atoms with Gasteiger partial charge in [0.1, 0.15) is 0 Å². The second-order valence-electron chi connectivity index (χ2n) is 1.39. The summed E-state index contributed by atoms with van der Waals surface area (Å²) in [7, 11) is 1.80. The maximum absolute atomic E-state index is 10.3. The largest absolute Gasteiger partial charge is 0.319 e. The van der Waals surface area contributed by atoms with Gasteiger partial charge in [-0.3, -0.25) is 4.79 Å². The molecule has 0 aromatic heterocycles. The first-order valence-corrected chi connectivity index (χ1v) is 2.83. The minimum Gasteiger partial charge on any atom is -0.319 e. The first-order chi connectivity index (χ1) is 3.81. The summed E-state index contributed by atoms with van der Waals surface area (Å²) in [6.07, 6.45) is 0.486. The molecule has 0 aromatic carbocycles. The lowest BCUT2D eigenvalue weighted by molar-refractivity contribution is -0.119. The zero-order valence-electron chi connectivity index (χ0n) is 4.77. The lowest BCUT2D eigenvalue weighted by Crippen LogP contribution is -2.19. The molecule has 0 unspecified atom stereocenters. The molecule has 0 aromatic rings. The first-order valence-electron chi connectivity index (χ1n) is 2.38. The highest BCUT2D eigenvalue weighted by molar-refractivity contribution is 7.78. The van der Waals surface area contributed by atoms with Crippen LogP contribution in [0.5, 0.6) is 0 Å². The molecule has 0 saturated heterocycles. The van der Waals surface area contributed by atoms with Gasteiger partial charge in [-0.25, -0.2) is 0 Å². The van der Waals surface area contributed by atoms with Crippen molar-refractivity contribution in [2.45, 2.75) is 6.42 Å². The molecular formula is C4H10N2OS. The zero-order chi connectivity index (χ0) is 6.41. The summed E-state index contributed by atoms with van der Waals surface area (Å²) in [4.78, 5) is 10.3. The van der Waals surface area contributed by atoms with Gasteiger partial charge in [-0.1, -0.05) is 12.8 Å². The number of rotatable bonds is 3. The van der Waals surface area contributed by atoms with Gasteiger partial charge in [-0.15, -0.1) is 0 Å². The van der Waals surface area contributed by atoms with Gasteiger partial charge in [0.05, 0.1) is 0 Å². The third kappa shape index (κ3) is 3.95. The average molecular weight is 134 g/mol. The van der Waals surface area contributed by atoms with Gasteiger partial charge >= 0.3 is 0 Å². The van der Waals surface area contributed by atoms with E-state index in [0.29, 0.717) is 13.0 Å². The fraction of sp³-hybridized carbons (Fsp3) is 0.750. The molecule has 0 atom stereocenters. The van der Waals surface area contributed by atoms with Crippen LogP contribution in [-0.4, -0.2) is 19.5 Å². The smallest absolute Gasteiger partial charge is 0.230 e. The maximum Gasteiger partial charge on any atom is 0.230 e. The number of amides is 1. The fourth-order valence-corrected chi connectivity index (χ4v) is 0.406. The van der Waals surface area contributed by atoms with E-state index in [1.165, 1.54) is 0 Å². The van der Waals surface area contributed by atoms with E-state index in [-0.39, 0.29) is 5.91 Å². The van der Waals surface area contributed by atoms with Crippen molar-refractivity contribution >= 4 is 18.7 Å². The number of hydrogen-bond acceptors (Lipinski definition) is 3. The van der Waals surface area contributed by atoms with Crippen LogP contribution in [0.15, 0.2) is 0 Å². The molecule has 0 fully saturated rings. The predicted octanol–water partition coefficient (Wildman–Crippen LogP) is -0.443. The topological polar surface area (TPSA) is 41.1 Å². The molecule has 8 heavy (non-hydrogen) atoms. The highest BCUT2D eigenvalue weighted by Crippen LogP contribution is 1.75. The molecule has 0 heterocycles. The third-order valence-corrected chi connectivity index (χ3v) is 0.976. The van der Waals surface area contributed by atoms with Gasteiger partial charge in [0.15, 0.2) is 0 Å². The molecule has 0 aliphatic heterocycles. The summed E-state index contributed by atoms with van der Waals surface area (Å²) in [5.74, 6) is -0.0531. The van der Waals surface area contributed by atoms with Crippen molar-refractivity contribution in [3.8, 4) is 0 Å². The molecule has 0 aliphatic carbocycles. The second kappa shape index (κ2) is 4.93. The van der Waals surface area contributed by atoms with Crippen LogP contribution in [0.25, 0.3) is 0 Å². The Morgan fingerprint density at radius 2 is 2.38 bits per heavy atom. The Balaban J connectivity index is 2.99. The van der Waals surface area contributed by atoms with Gasteiger partial charge in [0, 0.05) is 13.0 Å². The van der Waals surface area contributed by atoms with Gasteiger partial charge in [-0.05, 0) is 7.05 Å². The fourth-order valence-electron chi connectivity index (χ4n) is 0.294. The SMILES string of the molecule is CNCCC(=O)NS. The monoisotopic (exact) mass is 134 g/mol. The lowest BCUT2D eigenvalue weighted by Gasteiger charge is -1.94. The van der Waals surface area contributed by atoms with Crippen LogP contribution < -0.4 is 10.0 Å². The van der Waals surface area contributed by atoms with Crippen LogP contribution >= 0.6 is 12.8 Å². The summed E-state index contributed by atoms with van der Waals surface area (Å²) in [6.45, 7) is 0.701. The number of nitrogens with one attached hydrogen (secondary N) is 2. The van der Waals surface area contributed by atoms with E-state index in [0.717, 1.165) is 0 Å². The standard InChI is InChI=1S/C4H10N2OS/c1-5-3-2-4(7)6-8/h5,8H,2-3H2,1H3,(H,6,7). The summed E-state index contributed by atoms with van der Waals surface area (Å²) in [5, 5.41) is 2.84. The van der Waals surface area contributed by atoms with Crippen molar-refractivity contribution in [2.24, 2.45) is 0 Å². The van der Waals surface area contributed by atoms with Crippen LogP contribution in [0.2, 0.25) is 0 Å². The van der Waals surface area contributed by atoms with E-state index in [9.17, 15) is 4.79 Å². The predicted molar refractivity (Wildman–Crippen MR) is 35.7 cm³/mol. The molecule has 0 aliphatic rings. The molecule has 0 bridgehead atoms. The average Bonchev–Trinajstić information content (AvgIpc) is 1.83. The Morgan fingerprint density at radius 3 is 2.75 bits per heavy atom. The number of carbonyl (C=O) groups excluding carboxylic acids is 1. The Kier molecular flexibility index (Phi) is 4.79. The summed E-state index contributed by atoms with van der Waals surface area (Å²) >= 11 is 3.56. The molecule has 0 rings (SSSR count). The molecular weight excluding hydrogens is 124 g/mol. The van der Waals surface area contributed by atoms with Crippen molar-refractivity contribution in [3.63, 3.8) is 0 Å². The zero-order valence-corrected chi connectivity index (χ0v) is 5.66. The van der Waals surface area contributed by atoms with E-state index >= 15 is 0 Å². The molecule has 48 valence electrons. The summed E-state index contributed by atoms with van der Waals surface area (Å²) < 4.78 is 2.22. The number of hydrogen-bond donors (Lipinski definition) is 3. The minimum atomic E-state index is -0.0531. The van der Waals surface area contributed by atoms with Crippen molar-refractivity contribution in [3.05, 3.63) is 0 Å². The van der Waals surface area contributed by atoms with Gasteiger partial charge in [-0.2, -0.15) is 0 Å². The second-order valence-corrected chi connectivity index (χ2v) is 1.61. The summed E-state index contributed by atoms with van der Waals surface area (Å²) in [5.41, 5.74) is 0. The number of carbonyl (C=O) groups is 1. The minimum absolute atomic E-state index is 0.0531. The Labute approximate surface area is 54.4 Å². The highest BCUT2D eigenvalue weighted by atomic mass is 32.1. The molecule has 0 spiro atoms. The van der Waals surface area contributed by atoms with Crippen LogP contribution in [0.3, 0.4) is 0 Å². The van der Waals surface area contributed by atoms with Crippen LogP contribution in [-0.2, 0) is 4.79 Å². The van der Waals surface area contributed by atoms with Crippen molar-refractivity contribution < 1.29 is 4.79 Å². The van der Waals surface area contributed by atoms with E-state index in [4.69, 9.17) is 0 Å². The van der Waals surface area contributed by atoms with E-state index in [2.05, 4.69) is 22.9 Å².